The summed E-state index contributed by atoms with van der Waals surface area (Å²) in [6.45, 7) is 8.63. The number of benzene rings is 1. The first-order valence-corrected chi connectivity index (χ1v) is 5.13. The smallest absolute Gasteiger partial charge is 0.0245 e. The lowest BCUT2D eigenvalue weighted by molar-refractivity contribution is 0.506. The number of hydrogen-bond acceptors (Lipinski definition) is 0. The molecule has 74 valence electrons. The first-order chi connectivity index (χ1) is 6.60. The molecule has 0 fully saturated rings. The summed E-state index contributed by atoms with van der Waals surface area (Å²) in [5, 5.41) is 0. The second-order valence-corrected chi connectivity index (χ2v) is 4.19. The van der Waals surface area contributed by atoms with Crippen LogP contribution < -0.4 is 0 Å². The van der Waals surface area contributed by atoms with Gasteiger partial charge in [-0.3, -0.25) is 0 Å². The van der Waals surface area contributed by atoms with Crippen molar-refractivity contribution in [2.24, 2.45) is 0 Å². The van der Waals surface area contributed by atoms with Crippen LogP contribution in [0.5, 0.6) is 0 Å². The fraction of sp³-hybridized carbons (Fsp3) is 0.429. The molecule has 0 aromatic heterocycles. The molecule has 0 saturated heterocycles. The Bertz CT molecular complexity index is 344. The van der Waals surface area contributed by atoms with E-state index in [1.165, 1.54) is 5.56 Å². The minimum absolute atomic E-state index is 0.276. The van der Waals surface area contributed by atoms with Crippen LogP contribution in [0.15, 0.2) is 24.3 Å². The minimum atomic E-state index is 0.276. The first-order valence-electron chi connectivity index (χ1n) is 5.13. The van der Waals surface area contributed by atoms with Crippen LogP contribution in [0.25, 0.3) is 0 Å². The van der Waals surface area contributed by atoms with E-state index in [-0.39, 0.29) is 5.41 Å². The molecule has 0 spiro atoms. The predicted molar refractivity (Wildman–Crippen MR) is 62.3 cm³/mol. The maximum Gasteiger partial charge on any atom is 0.0245 e. The van der Waals surface area contributed by atoms with Gasteiger partial charge in [-0.05, 0) is 36.5 Å². The predicted octanol–water partition coefficient (Wildman–Crippen LogP) is 3.75. The van der Waals surface area contributed by atoms with Crippen molar-refractivity contribution in [2.45, 2.75) is 39.5 Å². The molecule has 1 aromatic rings. The average molecular weight is 186 g/mol. The SMILES string of the molecule is CC#Cc1ccc(C(C)(C)CC)cc1. The molecular weight excluding hydrogens is 168 g/mol. The van der Waals surface area contributed by atoms with Crippen molar-refractivity contribution >= 4 is 0 Å². The van der Waals surface area contributed by atoms with Crippen molar-refractivity contribution < 1.29 is 0 Å². The molecule has 0 aliphatic rings. The first kappa shape index (κ1) is 10.9. The third-order valence-electron chi connectivity index (χ3n) is 2.82. The molecule has 0 aliphatic carbocycles. The summed E-state index contributed by atoms with van der Waals surface area (Å²) in [6, 6.07) is 8.57. The monoisotopic (exact) mass is 186 g/mol. The van der Waals surface area contributed by atoms with Crippen LogP contribution in [0.2, 0.25) is 0 Å². The van der Waals surface area contributed by atoms with E-state index < -0.39 is 0 Å². The summed E-state index contributed by atoms with van der Waals surface area (Å²) in [7, 11) is 0. The fourth-order valence-electron chi connectivity index (χ4n) is 1.35. The third kappa shape index (κ3) is 2.39. The Morgan fingerprint density at radius 1 is 1.14 bits per heavy atom. The van der Waals surface area contributed by atoms with E-state index in [0.29, 0.717) is 0 Å². The van der Waals surface area contributed by atoms with Gasteiger partial charge in [-0.2, -0.15) is 0 Å². The maximum atomic E-state index is 3.05. The molecule has 0 heterocycles. The lowest BCUT2D eigenvalue weighted by Crippen LogP contribution is -2.14. The molecule has 0 bridgehead atoms. The van der Waals surface area contributed by atoms with E-state index in [1.54, 1.807) is 0 Å². The van der Waals surface area contributed by atoms with Crippen molar-refractivity contribution in [3.8, 4) is 11.8 Å². The van der Waals surface area contributed by atoms with Gasteiger partial charge in [0.15, 0.2) is 0 Å². The second kappa shape index (κ2) is 4.33. The van der Waals surface area contributed by atoms with Gasteiger partial charge < -0.3 is 0 Å². The molecule has 1 aromatic carbocycles. The molecule has 0 heteroatoms. The summed E-state index contributed by atoms with van der Waals surface area (Å²) in [6.07, 6.45) is 1.16. The molecule has 0 amide bonds. The molecule has 0 atom stereocenters. The molecule has 0 aliphatic heterocycles. The van der Waals surface area contributed by atoms with Crippen molar-refractivity contribution in [2.75, 3.05) is 0 Å². The van der Waals surface area contributed by atoms with Crippen LogP contribution in [-0.4, -0.2) is 0 Å². The van der Waals surface area contributed by atoms with Gasteiger partial charge in [-0.1, -0.05) is 38.8 Å². The zero-order valence-electron chi connectivity index (χ0n) is 9.52. The molecule has 0 N–H and O–H groups in total. The Morgan fingerprint density at radius 3 is 2.14 bits per heavy atom. The van der Waals surface area contributed by atoms with E-state index >= 15 is 0 Å². The van der Waals surface area contributed by atoms with Gasteiger partial charge in [0.2, 0.25) is 0 Å². The van der Waals surface area contributed by atoms with Gasteiger partial charge in [0.05, 0.1) is 0 Å². The topological polar surface area (TPSA) is 0 Å². The highest BCUT2D eigenvalue weighted by molar-refractivity contribution is 5.37. The summed E-state index contributed by atoms with van der Waals surface area (Å²) in [4.78, 5) is 0. The Balaban J connectivity index is 2.97. The standard InChI is InChI=1S/C14H18/c1-5-7-12-8-10-13(11-9-12)14(3,4)6-2/h8-11H,6H2,1-4H3. The lowest BCUT2D eigenvalue weighted by Gasteiger charge is -2.23. The Labute approximate surface area is 87.4 Å². The Morgan fingerprint density at radius 2 is 1.71 bits per heavy atom. The second-order valence-electron chi connectivity index (χ2n) is 4.19. The summed E-state index contributed by atoms with van der Waals surface area (Å²) >= 11 is 0. The van der Waals surface area contributed by atoms with E-state index in [0.717, 1.165) is 12.0 Å². The van der Waals surface area contributed by atoms with Crippen LogP contribution in [0.1, 0.15) is 45.2 Å². The zero-order chi connectivity index (χ0) is 10.6. The molecule has 1 rings (SSSR count). The molecular formula is C14H18. The van der Waals surface area contributed by atoms with Gasteiger partial charge >= 0.3 is 0 Å². The Hall–Kier alpha value is -1.22. The van der Waals surface area contributed by atoms with Crippen molar-refractivity contribution in [3.05, 3.63) is 35.4 Å². The third-order valence-corrected chi connectivity index (χ3v) is 2.82. The summed E-state index contributed by atoms with van der Waals surface area (Å²) in [5.41, 5.74) is 2.77. The largest absolute Gasteiger partial charge is 0.101 e. The van der Waals surface area contributed by atoms with Crippen LogP contribution in [-0.2, 0) is 5.41 Å². The molecule has 0 radical (unpaired) electrons. The van der Waals surface area contributed by atoms with Crippen LogP contribution in [0.3, 0.4) is 0 Å². The van der Waals surface area contributed by atoms with Gasteiger partial charge in [0.25, 0.3) is 0 Å². The van der Waals surface area contributed by atoms with Crippen LogP contribution in [0.4, 0.5) is 0 Å². The normalized spacial score (nSPS) is 10.6. The maximum absolute atomic E-state index is 3.05. The van der Waals surface area contributed by atoms with E-state index in [2.05, 4.69) is 56.9 Å². The van der Waals surface area contributed by atoms with Gasteiger partial charge in [-0.25, -0.2) is 0 Å². The highest BCUT2D eigenvalue weighted by atomic mass is 14.2. The highest BCUT2D eigenvalue weighted by Gasteiger charge is 2.16. The zero-order valence-corrected chi connectivity index (χ0v) is 9.52. The van der Waals surface area contributed by atoms with Crippen molar-refractivity contribution in [1.29, 1.82) is 0 Å². The summed E-state index contributed by atoms with van der Waals surface area (Å²) in [5.74, 6) is 5.96. The Kier molecular flexibility index (Phi) is 3.36. The van der Waals surface area contributed by atoms with Crippen molar-refractivity contribution in [3.63, 3.8) is 0 Å². The quantitative estimate of drug-likeness (QED) is 0.617. The van der Waals surface area contributed by atoms with Crippen LogP contribution in [0, 0.1) is 11.8 Å². The summed E-state index contributed by atoms with van der Waals surface area (Å²) < 4.78 is 0. The van der Waals surface area contributed by atoms with Crippen molar-refractivity contribution in [1.82, 2.24) is 0 Å². The highest BCUT2D eigenvalue weighted by Crippen LogP contribution is 2.26. The molecule has 14 heavy (non-hydrogen) atoms. The van der Waals surface area contributed by atoms with E-state index in [9.17, 15) is 0 Å². The lowest BCUT2D eigenvalue weighted by atomic mass is 9.82. The minimum Gasteiger partial charge on any atom is -0.101 e. The molecule has 0 nitrogen and oxygen atoms in total. The van der Waals surface area contributed by atoms with Gasteiger partial charge in [0, 0.05) is 5.56 Å². The van der Waals surface area contributed by atoms with E-state index in [4.69, 9.17) is 0 Å². The molecule has 0 unspecified atom stereocenters. The van der Waals surface area contributed by atoms with Crippen LogP contribution >= 0.6 is 0 Å². The number of rotatable bonds is 2. The average Bonchev–Trinajstić information content (AvgIpc) is 2.19. The van der Waals surface area contributed by atoms with Gasteiger partial charge in [-0.15, -0.1) is 5.92 Å². The fourth-order valence-corrected chi connectivity index (χ4v) is 1.35. The number of hydrogen-bond donors (Lipinski definition) is 0. The van der Waals surface area contributed by atoms with Gasteiger partial charge in [0.1, 0.15) is 0 Å². The molecule has 0 saturated carbocycles. The van der Waals surface area contributed by atoms with E-state index in [1.807, 2.05) is 6.92 Å².